The van der Waals surface area contributed by atoms with Gasteiger partial charge in [0.2, 0.25) is 0 Å². The Morgan fingerprint density at radius 3 is 0.773 bits per heavy atom. The second kappa shape index (κ2) is 16.1. The monoisotopic (exact) mass is 624 g/mol. The van der Waals surface area contributed by atoms with Crippen molar-refractivity contribution in [2.45, 2.75) is 6.42 Å². The summed E-state index contributed by atoms with van der Waals surface area (Å²) in [6.45, 7) is 0. The van der Waals surface area contributed by atoms with Crippen molar-refractivity contribution < 1.29 is 0 Å². The van der Waals surface area contributed by atoms with E-state index >= 15 is 0 Å². The summed E-state index contributed by atoms with van der Waals surface area (Å²) in [5.74, 6) is 0.588. The van der Waals surface area contributed by atoms with Gasteiger partial charge in [-0.15, -0.1) is 0 Å². The molecule has 0 radical (unpaired) electrons. The highest BCUT2D eigenvalue weighted by Gasteiger charge is 2.26. The van der Waals surface area contributed by atoms with Crippen LogP contribution in [-0.4, -0.2) is 18.5 Å². The van der Waals surface area contributed by atoms with Crippen molar-refractivity contribution in [3.05, 3.63) is 182 Å². The van der Waals surface area contributed by atoms with E-state index in [4.69, 9.17) is 0 Å². The minimum Gasteiger partial charge on any atom is -0.0622 e. The summed E-state index contributed by atoms with van der Waals surface area (Å²) in [5, 5.41) is 8.89. The van der Waals surface area contributed by atoms with Crippen molar-refractivity contribution in [2.75, 3.05) is 18.5 Å². The molecule has 6 aromatic carbocycles. The quantitative estimate of drug-likeness (QED) is 0.113. The van der Waals surface area contributed by atoms with E-state index in [1.807, 2.05) is 0 Å². The van der Waals surface area contributed by atoms with Gasteiger partial charge in [-0.2, -0.15) is 0 Å². The van der Waals surface area contributed by atoms with Crippen LogP contribution >= 0.6 is 23.8 Å². The Kier molecular flexibility index (Phi) is 11.2. The highest BCUT2D eigenvalue weighted by atomic mass is 31.1. The van der Waals surface area contributed by atoms with Crippen molar-refractivity contribution in [3.8, 4) is 0 Å². The van der Waals surface area contributed by atoms with Gasteiger partial charge in [-0.3, -0.25) is 0 Å². The molecule has 0 nitrogen and oxygen atoms in total. The second-order valence-electron chi connectivity index (χ2n) is 11.0. The first-order valence-corrected chi connectivity index (χ1v) is 20.1. The molecule has 6 aromatic rings. The van der Waals surface area contributed by atoms with Gasteiger partial charge in [0.1, 0.15) is 0 Å². The number of hydrogen-bond acceptors (Lipinski definition) is 0. The Balaban J connectivity index is 1.37. The molecule has 0 aromatic heterocycles. The lowest BCUT2D eigenvalue weighted by atomic mass is 10.1. The maximum Gasteiger partial charge on any atom is -0.0195 e. The normalized spacial score (nSPS) is 11.5. The highest BCUT2D eigenvalue weighted by Crippen LogP contribution is 2.45. The van der Waals surface area contributed by atoms with E-state index < -0.39 is 23.8 Å². The first-order chi connectivity index (χ1) is 21.8. The first-order valence-electron chi connectivity index (χ1n) is 15.5. The molecule has 0 unspecified atom stereocenters. The van der Waals surface area contributed by atoms with Crippen molar-refractivity contribution in [1.82, 2.24) is 0 Å². The summed E-state index contributed by atoms with van der Waals surface area (Å²) in [6.07, 6.45) is 4.82. The molecule has 0 saturated carbocycles. The molecule has 44 heavy (non-hydrogen) atoms. The molecular formula is C41H39P3. The average molecular weight is 625 g/mol. The molecule has 0 fully saturated rings. The minimum absolute atomic E-state index is 0.436. The van der Waals surface area contributed by atoms with Crippen molar-refractivity contribution in [2.24, 2.45) is 5.92 Å². The molecule has 0 saturated heterocycles. The lowest BCUT2D eigenvalue weighted by Gasteiger charge is -2.30. The maximum absolute atomic E-state index is 2.35. The molecule has 0 aliphatic heterocycles. The molecule has 0 spiro atoms. The largest absolute Gasteiger partial charge is 0.0622 e. The Hall–Kier alpha value is -3.39. The lowest BCUT2D eigenvalue weighted by Crippen LogP contribution is -2.25. The SMILES string of the molecule is c1ccc(P(CCC(CP(c2ccccc2)c2ccccc2)CP(c2ccccc2)c2ccccc2)c2ccccc2)cc1. The van der Waals surface area contributed by atoms with E-state index in [1.165, 1.54) is 56.7 Å². The van der Waals surface area contributed by atoms with Crippen LogP contribution in [0.15, 0.2) is 182 Å². The van der Waals surface area contributed by atoms with Gasteiger partial charge in [0.05, 0.1) is 0 Å². The van der Waals surface area contributed by atoms with Crippen molar-refractivity contribution in [1.29, 1.82) is 0 Å². The van der Waals surface area contributed by atoms with Crippen molar-refractivity contribution >= 4 is 55.6 Å². The van der Waals surface area contributed by atoms with E-state index in [0.29, 0.717) is 5.92 Å². The summed E-state index contributed by atoms with van der Waals surface area (Å²) in [6, 6.07) is 67.7. The van der Waals surface area contributed by atoms with E-state index in [2.05, 4.69) is 182 Å². The molecule has 0 N–H and O–H groups in total. The average Bonchev–Trinajstić information content (AvgIpc) is 3.11. The van der Waals surface area contributed by atoms with Crippen LogP contribution in [0.2, 0.25) is 0 Å². The van der Waals surface area contributed by atoms with Gasteiger partial charge in [0.15, 0.2) is 0 Å². The summed E-state index contributed by atoms with van der Waals surface area (Å²) < 4.78 is 0. The van der Waals surface area contributed by atoms with Gasteiger partial charge >= 0.3 is 0 Å². The van der Waals surface area contributed by atoms with Crippen molar-refractivity contribution in [3.63, 3.8) is 0 Å². The third-order valence-electron chi connectivity index (χ3n) is 8.05. The highest BCUT2D eigenvalue weighted by molar-refractivity contribution is 7.74. The van der Waals surface area contributed by atoms with Gasteiger partial charge in [-0.1, -0.05) is 182 Å². The predicted octanol–water partition coefficient (Wildman–Crippen LogP) is 8.39. The summed E-state index contributed by atoms with van der Waals surface area (Å²) >= 11 is 0. The Morgan fingerprint density at radius 1 is 0.295 bits per heavy atom. The minimum atomic E-state index is -0.480. The number of benzene rings is 6. The van der Waals surface area contributed by atoms with Gasteiger partial charge in [0.25, 0.3) is 0 Å². The van der Waals surface area contributed by atoms with Gasteiger partial charge in [-0.05, 0) is 86.4 Å². The molecule has 0 bridgehead atoms. The zero-order valence-corrected chi connectivity index (χ0v) is 27.8. The van der Waals surface area contributed by atoms with Crippen LogP contribution in [0.4, 0.5) is 0 Å². The fraction of sp³-hybridized carbons (Fsp3) is 0.122. The molecule has 0 aliphatic carbocycles. The fourth-order valence-electron chi connectivity index (χ4n) is 5.84. The van der Waals surface area contributed by atoms with Crippen LogP contribution < -0.4 is 31.8 Å². The Bertz CT molecular complexity index is 1440. The molecule has 3 heteroatoms. The van der Waals surface area contributed by atoms with E-state index in [-0.39, 0.29) is 0 Å². The maximum atomic E-state index is 2.35. The molecule has 0 atom stereocenters. The molecular weight excluding hydrogens is 585 g/mol. The van der Waals surface area contributed by atoms with Crippen LogP contribution in [0.25, 0.3) is 0 Å². The molecule has 6 rings (SSSR count). The van der Waals surface area contributed by atoms with Crippen LogP contribution in [0.3, 0.4) is 0 Å². The third-order valence-corrected chi connectivity index (χ3v) is 16.0. The first kappa shape index (κ1) is 30.6. The molecule has 0 aliphatic rings. The number of hydrogen-bond donors (Lipinski definition) is 0. The van der Waals surface area contributed by atoms with Crippen LogP contribution in [0.1, 0.15) is 6.42 Å². The van der Waals surface area contributed by atoms with E-state index in [1.54, 1.807) is 0 Å². The van der Waals surface area contributed by atoms with Gasteiger partial charge in [0, 0.05) is 0 Å². The third kappa shape index (κ3) is 8.20. The standard InChI is InChI=1S/C41H39P3/c1-7-19-36(20-8-1)42(37-21-9-2-10-22-37)32-31-35(33-43(38-23-11-3-12-24-38)39-25-13-4-14-26-39)34-44(40-27-15-5-16-28-40)41-29-17-6-18-30-41/h1-30,35H,31-34H2. The van der Waals surface area contributed by atoms with E-state index in [9.17, 15) is 0 Å². The summed E-state index contributed by atoms with van der Waals surface area (Å²) in [7, 11) is -1.40. The predicted molar refractivity (Wildman–Crippen MR) is 200 cm³/mol. The molecule has 0 amide bonds. The summed E-state index contributed by atoms with van der Waals surface area (Å²) in [5.41, 5.74) is 0. The van der Waals surface area contributed by atoms with Gasteiger partial charge < -0.3 is 0 Å². The second-order valence-corrected chi connectivity index (χ2v) is 17.9. The Morgan fingerprint density at radius 2 is 0.523 bits per heavy atom. The molecule has 218 valence electrons. The van der Waals surface area contributed by atoms with Crippen LogP contribution in [-0.2, 0) is 0 Å². The zero-order valence-electron chi connectivity index (χ0n) is 25.1. The summed E-state index contributed by atoms with van der Waals surface area (Å²) in [4.78, 5) is 0. The van der Waals surface area contributed by atoms with Gasteiger partial charge in [-0.25, -0.2) is 0 Å². The smallest absolute Gasteiger partial charge is 0.0195 e. The van der Waals surface area contributed by atoms with Crippen LogP contribution in [0, 0.1) is 5.92 Å². The topological polar surface area (TPSA) is 0 Å². The Labute approximate surface area is 267 Å². The molecule has 0 heterocycles. The zero-order chi connectivity index (χ0) is 29.8. The lowest BCUT2D eigenvalue weighted by molar-refractivity contribution is 0.648. The fourth-order valence-corrected chi connectivity index (χ4v) is 13.8. The number of rotatable bonds is 13. The van der Waals surface area contributed by atoms with Crippen LogP contribution in [0.5, 0.6) is 0 Å². The van der Waals surface area contributed by atoms with E-state index in [0.717, 1.165) is 0 Å².